The number of nitrogens with zero attached hydrogens (tertiary/aromatic N) is 1. The van der Waals surface area contributed by atoms with Crippen LogP contribution in [0.1, 0.15) is 62.5 Å². The Hall–Kier alpha value is -1.16. The molecule has 0 aromatic heterocycles. The fourth-order valence-corrected chi connectivity index (χ4v) is 6.17. The first kappa shape index (κ1) is 26.4. The highest BCUT2D eigenvalue weighted by Crippen LogP contribution is 2.32. The van der Waals surface area contributed by atoms with E-state index in [9.17, 15) is 21.6 Å². The van der Waals surface area contributed by atoms with E-state index in [1.165, 1.54) is 45.8 Å². The lowest BCUT2D eigenvalue weighted by molar-refractivity contribution is -0.137. The summed E-state index contributed by atoms with van der Waals surface area (Å²) >= 11 is 0. The average molecular weight is 491 g/mol. The molecule has 1 heterocycles. The largest absolute Gasteiger partial charge is 0.416 e. The van der Waals surface area contributed by atoms with Gasteiger partial charge in [-0.05, 0) is 114 Å². The van der Waals surface area contributed by atoms with Gasteiger partial charge in [-0.3, -0.25) is 0 Å². The lowest BCUT2D eigenvalue weighted by atomic mass is 9.82. The molecule has 9 heteroatoms. The second-order valence-electron chi connectivity index (χ2n) is 9.55. The molecule has 0 radical (unpaired) electrons. The summed E-state index contributed by atoms with van der Waals surface area (Å²) in [6, 6.07) is 2.74. The van der Waals surface area contributed by atoms with Crippen LogP contribution in [-0.2, 0) is 20.9 Å². The van der Waals surface area contributed by atoms with Gasteiger partial charge in [0.2, 0.25) is 10.0 Å². The van der Waals surface area contributed by atoms with E-state index in [0.717, 1.165) is 63.5 Å². The molecule has 1 N–H and O–H groups in total. The molecule has 1 aliphatic carbocycles. The molecule has 0 bridgehead atoms. The van der Waals surface area contributed by atoms with E-state index in [2.05, 4.69) is 9.62 Å². The Balaban J connectivity index is 1.32. The number of unbranched alkanes of at least 4 members (excludes halogenated alkanes) is 1. The number of hydrogen-bond acceptors (Lipinski definition) is 4. The molecular formula is C24H37F3N2O3S. The van der Waals surface area contributed by atoms with Crippen molar-refractivity contribution in [2.75, 3.05) is 39.4 Å². The zero-order chi connectivity index (χ0) is 23.9. The minimum atomic E-state index is -4.49. The standard InChI is InChI=1S/C24H37F3N2O3S/c1-19-16-22(24(25,26)27)10-11-23(19)33(30,31)28-17-20-6-8-21(9-7-20)18-32-15-5-4-14-29-12-2-3-13-29/h10-11,16,20-21,28H,2-9,12-15,17-18H2,1H3. The Bertz CT molecular complexity index is 847. The van der Waals surface area contributed by atoms with Crippen molar-refractivity contribution in [3.05, 3.63) is 29.3 Å². The Labute approximate surface area is 196 Å². The smallest absolute Gasteiger partial charge is 0.381 e. The quantitative estimate of drug-likeness (QED) is 0.444. The zero-order valence-electron chi connectivity index (χ0n) is 19.5. The molecule has 1 saturated heterocycles. The SMILES string of the molecule is Cc1cc(C(F)(F)F)ccc1S(=O)(=O)NCC1CCC(COCCCCN2CCCC2)CC1. The molecule has 1 aliphatic heterocycles. The third-order valence-electron chi connectivity index (χ3n) is 6.89. The second-order valence-corrected chi connectivity index (χ2v) is 11.3. The van der Waals surface area contributed by atoms with Gasteiger partial charge in [0.1, 0.15) is 0 Å². The Kier molecular flexibility index (Phi) is 9.62. The van der Waals surface area contributed by atoms with Crippen molar-refractivity contribution in [1.29, 1.82) is 0 Å². The van der Waals surface area contributed by atoms with Crippen LogP contribution in [0.4, 0.5) is 13.2 Å². The molecular weight excluding hydrogens is 453 g/mol. The van der Waals surface area contributed by atoms with Crippen molar-refractivity contribution in [2.24, 2.45) is 11.8 Å². The van der Waals surface area contributed by atoms with Gasteiger partial charge in [0.25, 0.3) is 0 Å². The van der Waals surface area contributed by atoms with Crippen molar-refractivity contribution in [3.8, 4) is 0 Å². The highest BCUT2D eigenvalue weighted by atomic mass is 32.2. The minimum absolute atomic E-state index is 0.0951. The third kappa shape index (κ3) is 8.23. The number of aryl methyl sites for hydroxylation is 1. The van der Waals surface area contributed by atoms with Gasteiger partial charge in [-0.1, -0.05) is 0 Å². The topological polar surface area (TPSA) is 58.6 Å². The molecule has 0 amide bonds. The van der Waals surface area contributed by atoms with Crippen molar-refractivity contribution in [3.63, 3.8) is 0 Å². The summed E-state index contributed by atoms with van der Waals surface area (Å²) in [6.45, 7) is 6.94. The normalized spacial score (nSPS) is 22.7. The number of benzene rings is 1. The third-order valence-corrected chi connectivity index (χ3v) is 8.47. The molecule has 33 heavy (non-hydrogen) atoms. The number of alkyl halides is 3. The van der Waals surface area contributed by atoms with Crippen molar-refractivity contribution >= 4 is 10.0 Å². The van der Waals surface area contributed by atoms with Crippen LogP contribution in [0.5, 0.6) is 0 Å². The summed E-state index contributed by atoms with van der Waals surface area (Å²) < 4.78 is 72.2. The fraction of sp³-hybridized carbons (Fsp3) is 0.750. The van der Waals surface area contributed by atoms with Crippen molar-refractivity contribution in [2.45, 2.75) is 69.4 Å². The molecule has 2 aliphatic rings. The van der Waals surface area contributed by atoms with Gasteiger partial charge >= 0.3 is 6.18 Å². The van der Waals surface area contributed by atoms with Gasteiger partial charge in [-0.25, -0.2) is 13.1 Å². The minimum Gasteiger partial charge on any atom is -0.381 e. The molecule has 3 rings (SSSR count). The Morgan fingerprint density at radius 1 is 1.06 bits per heavy atom. The van der Waals surface area contributed by atoms with Crippen LogP contribution < -0.4 is 4.72 Å². The lowest BCUT2D eigenvalue weighted by Gasteiger charge is -2.28. The molecule has 0 atom stereocenters. The van der Waals surface area contributed by atoms with E-state index < -0.39 is 21.8 Å². The van der Waals surface area contributed by atoms with E-state index in [-0.39, 0.29) is 16.4 Å². The molecule has 1 aromatic carbocycles. The lowest BCUT2D eigenvalue weighted by Crippen LogP contribution is -2.32. The van der Waals surface area contributed by atoms with Crippen LogP contribution >= 0.6 is 0 Å². The number of nitrogens with one attached hydrogen (secondary N) is 1. The number of hydrogen-bond donors (Lipinski definition) is 1. The number of likely N-dealkylation sites (tertiary alicyclic amines) is 1. The predicted octanol–water partition coefficient (Wildman–Crippen LogP) is 4.99. The summed E-state index contributed by atoms with van der Waals surface area (Å²) in [5.41, 5.74) is -0.746. The van der Waals surface area contributed by atoms with Crippen LogP contribution in [-0.4, -0.2) is 52.7 Å². The first-order chi connectivity index (χ1) is 15.6. The fourth-order valence-electron chi connectivity index (χ4n) is 4.83. The zero-order valence-corrected chi connectivity index (χ0v) is 20.3. The van der Waals surface area contributed by atoms with E-state index >= 15 is 0 Å². The van der Waals surface area contributed by atoms with Gasteiger partial charge in [0.05, 0.1) is 10.5 Å². The van der Waals surface area contributed by atoms with Crippen LogP contribution in [0.25, 0.3) is 0 Å². The average Bonchev–Trinajstić information content (AvgIpc) is 3.28. The van der Waals surface area contributed by atoms with Crippen LogP contribution in [0.3, 0.4) is 0 Å². The summed E-state index contributed by atoms with van der Waals surface area (Å²) in [5.74, 6) is 0.764. The number of ether oxygens (including phenoxy) is 1. The highest BCUT2D eigenvalue weighted by Gasteiger charge is 2.32. The number of halogens is 3. The second kappa shape index (κ2) is 12.0. The van der Waals surface area contributed by atoms with Gasteiger partial charge in [0, 0.05) is 19.8 Å². The molecule has 2 fully saturated rings. The highest BCUT2D eigenvalue weighted by molar-refractivity contribution is 7.89. The van der Waals surface area contributed by atoms with Crippen LogP contribution in [0, 0.1) is 18.8 Å². The number of rotatable bonds is 11. The number of sulfonamides is 1. The molecule has 188 valence electrons. The Morgan fingerprint density at radius 3 is 2.36 bits per heavy atom. The summed E-state index contributed by atoms with van der Waals surface area (Å²) in [4.78, 5) is 2.43. The van der Waals surface area contributed by atoms with E-state index in [4.69, 9.17) is 4.74 Å². The Morgan fingerprint density at radius 2 is 1.73 bits per heavy atom. The summed E-state index contributed by atoms with van der Waals surface area (Å²) in [6.07, 6.45) is 4.33. The van der Waals surface area contributed by atoms with E-state index in [0.29, 0.717) is 12.5 Å². The first-order valence-corrected chi connectivity index (χ1v) is 13.6. The molecule has 0 unspecified atom stereocenters. The van der Waals surface area contributed by atoms with Gasteiger partial charge in [-0.2, -0.15) is 13.2 Å². The van der Waals surface area contributed by atoms with Gasteiger partial charge in [0.15, 0.2) is 0 Å². The molecule has 5 nitrogen and oxygen atoms in total. The molecule has 1 saturated carbocycles. The maximum Gasteiger partial charge on any atom is 0.416 e. The van der Waals surface area contributed by atoms with Gasteiger partial charge < -0.3 is 9.64 Å². The van der Waals surface area contributed by atoms with Crippen molar-refractivity contribution in [1.82, 2.24) is 9.62 Å². The van der Waals surface area contributed by atoms with E-state index in [1.807, 2.05) is 0 Å². The van der Waals surface area contributed by atoms with Gasteiger partial charge in [-0.15, -0.1) is 0 Å². The van der Waals surface area contributed by atoms with Crippen LogP contribution in [0.15, 0.2) is 23.1 Å². The summed E-state index contributed by atoms with van der Waals surface area (Å²) in [7, 11) is -3.84. The first-order valence-electron chi connectivity index (χ1n) is 12.1. The van der Waals surface area contributed by atoms with Crippen LogP contribution in [0.2, 0.25) is 0 Å². The molecule has 0 spiro atoms. The van der Waals surface area contributed by atoms with E-state index in [1.54, 1.807) is 0 Å². The maximum atomic E-state index is 12.8. The summed E-state index contributed by atoms with van der Waals surface area (Å²) in [5, 5.41) is 0. The predicted molar refractivity (Wildman–Crippen MR) is 123 cm³/mol. The molecule has 1 aromatic rings. The maximum absolute atomic E-state index is 12.8. The van der Waals surface area contributed by atoms with Crippen molar-refractivity contribution < 1.29 is 26.3 Å². The monoisotopic (exact) mass is 490 g/mol.